The number of likely N-dealkylation sites (tertiary alicyclic amines) is 1. The van der Waals surface area contributed by atoms with Crippen molar-refractivity contribution in [3.8, 4) is 0 Å². The minimum atomic E-state index is -0.519. The highest BCUT2D eigenvalue weighted by Gasteiger charge is 2.40. The number of hydrogen-bond donors (Lipinski definition) is 2. The summed E-state index contributed by atoms with van der Waals surface area (Å²) < 4.78 is 0. The number of amides is 2. The largest absolute Gasteiger partial charge is 0.343 e. The predicted octanol–water partition coefficient (Wildman–Crippen LogP) is 3.71. The van der Waals surface area contributed by atoms with E-state index in [0.29, 0.717) is 17.8 Å². The van der Waals surface area contributed by atoms with Crippen LogP contribution < -0.4 is 10.6 Å². The van der Waals surface area contributed by atoms with E-state index in [1.54, 1.807) is 31.5 Å². The third-order valence-corrected chi connectivity index (χ3v) is 8.07. The molecule has 4 rings (SSSR count). The van der Waals surface area contributed by atoms with Crippen LogP contribution in [0.5, 0.6) is 0 Å². The number of thiazole rings is 1. The molecule has 2 amide bonds. The summed E-state index contributed by atoms with van der Waals surface area (Å²) in [7, 11) is 1.75. The van der Waals surface area contributed by atoms with Crippen molar-refractivity contribution in [1.29, 1.82) is 0 Å². The highest BCUT2D eigenvalue weighted by Crippen LogP contribution is 2.36. The van der Waals surface area contributed by atoms with E-state index in [-0.39, 0.29) is 35.6 Å². The summed E-state index contributed by atoms with van der Waals surface area (Å²) in [4.78, 5) is 45.9. The average Bonchev–Trinajstić information content (AvgIpc) is 3.57. The number of carbonyl (C=O) groups excluding carboxylic acids is 3. The lowest BCUT2D eigenvalue weighted by Crippen LogP contribution is -2.55. The van der Waals surface area contributed by atoms with Gasteiger partial charge in [0.25, 0.3) is 0 Å². The van der Waals surface area contributed by atoms with Crippen LogP contribution >= 0.6 is 11.3 Å². The van der Waals surface area contributed by atoms with Crippen molar-refractivity contribution < 1.29 is 14.4 Å². The molecule has 1 saturated carbocycles. The van der Waals surface area contributed by atoms with Gasteiger partial charge in [0.2, 0.25) is 17.6 Å². The standard InChI is InChI=1S/C26H34N4O3S/c1-17(27-2)24(32)29-22(18-10-5-3-6-11-18)26(33)30-15-9-14-21(30)25-28-20(16-34-25)23(31)19-12-7-4-8-13-19/h4,7-8,12-13,16-18,21-22,27H,3,5-6,9-11,14-15H2,1-2H3,(H,29,32)/t17-,21-,22?/m0/s1. The molecular weight excluding hydrogens is 448 g/mol. The second-order valence-electron chi connectivity index (χ2n) is 9.35. The Morgan fingerprint density at radius 3 is 2.50 bits per heavy atom. The molecule has 2 fully saturated rings. The fourth-order valence-electron chi connectivity index (χ4n) is 5.01. The minimum absolute atomic E-state index is 0.0165. The van der Waals surface area contributed by atoms with E-state index in [1.165, 1.54) is 17.8 Å². The van der Waals surface area contributed by atoms with Gasteiger partial charge in [-0.1, -0.05) is 49.6 Å². The first-order valence-corrected chi connectivity index (χ1v) is 13.2. The Morgan fingerprint density at radius 2 is 1.79 bits per heavy atom. The van der Waals surface area contributed by atoms with E-state index in [9.17, 15) is 14.4 Å². The molecule has 1 aromatic carbocycles. The van der Waals surface area contributed by atoms with Gasteiger partial charge in [-0.3, -0.25) is 14.4 Å². The van der Waals surface area contributed by atoms with Gasteiger partial charge in [0.05, 0.1) is 12.1 Å². The van der Waals surface area contributed by atoms with Crippen LogP contribution in [0.1, 0.15) is 79.0 Å². The zero-order valence-corrected chi connectivity index (χ0v) is 20.8. The lowest BCUT2D eigenvalue weighted by Gasteiger charge is -2.35. The second-order valence-corrected chi connectivity index (χ2v) is 10.2. The maximum atomic E-state index is 13.8. The van der Waals surface area contributed by atoms with Crippen LogP contribution in [0.15, 0.2) is 35.7 Å². The molecule has 1 aliphatic carbocycles. The number of carbonyl (C=O) groups is 3. The number of hydrogen-bond acceptors (Lipinski definition) is 6. The molecule has 34 heavy (non-hydrogen) atoms. The first-order valence-electron chi connectivity index (χ1n) is 12.3. The van der Waals surface area contributed by atoms with E-state index >= 15 is 0 Å². The second kappa shape index (κ2) is 11.2. The number of nitrogens with one attached hydrogen (secondary N) is 2. The Kier molecular flexibility index (Phi) is 8.11. The first-order chi connectivity index (χ1) is 16.5. The summed E-state index contributed by atoms with van der Waals surface area (Å²) in [6.45, 7) is 2.45. The van der Waals surface area contributed by atoms with Gasteiger partial charge in [0, 0.05) is 17.5 Å². The number of nitrogens with zero attached hydrogens (tertiary/aromatic N) is 2. The highest BCUT2D eigenvalue weighted by atomic mass is 32.1. The van der Waals surface area contributed by atoms with Crippen molar-refractivity contribution >= 4 is 28.9 Å². The lowest BCUT2D eigenvalue weighted by molar-refractivity contribution is -0.139. The molecule has 2 aromatic rings. The Hall–Kier alpha value is -2.58. The van der Waals surface area contributed by atoms with Gasteiger partial charge >= 0.3 is 0 Å². The van der Waals surface area contributed by atoms with Gasteiger partial charge < -0.3 is 15.5 Å². The lowest BCUT2D eigenvalue weighted by atomic mass is 9.83. The number of benzene rings is 1. The quantitative estimate of drug-likeness (QED) is 0.560. The van der Waals surface area contributed by atoms with Crippen LogP contribution in [0.2, 0.25) is 0 Å². The van der Waals surface area contributed by atoms with Gasteiger partial charge in [-0.25, -0.2) is 4.98 Å². The van der Waals surface area contributed by atoms with Crippen molar-refractivity contribution in [1.82, 2.24) is 20.5 Å². The summed E-state index contributed by atoms with van der Waals surface area (Å²) >= 11 is 1.44. The molecule has 1 aromatic heterocycles. The molecule has 7 nitrogen and oxygen atoms in total. The fourth-order valence-corrected chi connectivity index (χ4v) is 5.95. The molecule has 0 radical (unpaired) electrons. The van der Waals surface area contributed by atoms with Crippen molar-refractivity contribution in [2.45, 2.75) is 70.0 Å². The molecule has 2 heterocycles. The Balaban J connectivity index is 1.53. The van der Waals surface area contributed by atoms with E-state index in [1.807, 2.05) is 23.1 Å². The molecule has 2 aliphatic rings. The Bertz CT molecular complexity index is 1000. The minimum Gasteiger partial charge on any atom is -0.343 e. The maximum absolute atomic E-state index is 13.8. The summed E-state index contributed by atoms with van der Waals surface area (Å²) in [5, 5.41) is 8.62. The molecule has 182 valence electrons. The molecule has 8 heteroatoms. The van der Waals surface area contributed by atoms with Crippen molar-refractivity contribution in [3.05, 3.63) is 52.0 Å². The van der Waals surface area contributed by atoms with Gasteiger partial charge in [-0.2, -0.15) is 0 Å². The Labute approximate surface area is 205 Å². The average molecular weight is 483 g/mol. The molecule has 2 N–H and O–H groups in total. The van der Waals surface area contributed by atoms with Gasteiger partial charge in [0.1, 0.15) is 16.7 Å². The monoisotopic (exact) mass is 482 g/mol. The number of aromatic nitrogens is 1. The molecule has 1 saturated heterocycles. The summed E-state index contributed by atoms with van der Waals surface area (Å²) in [6.07, 6.45) is 6.97. The Morgan fingerprint density at radius 1 is 1.06 bits per heavy atom. The van der Waals surface area contributed by atoms with Crippen molar-refractivity contribution in [3.63, 3.8) is 0 Å². The zero-order valence-electron chi connectivity index (χ0n) is 20.0. The van der Waals surface area contributed by atoms with E-state index < -0.39 is 6.04 Å². The summed E-state index contributed by atoms with van der Waals surface area (Å²) in [5.74, 6) is -0.112. The fraction of sp³-hybridized carbons (Fsp3) is 0.538. The van der Waals surface area contributed by atoms with E-state index in [0.717, 1.165) is 43.5 Å². The SMILES string of the molecule is CN[C@@H](C)C(=O)NC(C(=O)N1CCC[C@H]1c1nc(C(=O)c2ccccc2)cs1)C1CCCCC1. The number of rotatable bonds is 8. The van der Waals surface area contributed by atoms with Crippen LogP contribution in [0, 0.1) is 5.92 Å². The topological polar surface area (TPSA) is 91.4 Å². The smallest absolute Gasteiger partial charge is 0.246 e. The van der Waals surface area contributed by atoms with Crippen LogP contribution in [0.3, 0.4) is 0 Å². The molecule has 0 bridgehead atoms. The van der Waals surface area contributed by atoms with Crippen LogP contribution in [0.25, 0.3) is 0 Å². The summed E-state index contributed by atoms with van der Waals surface area (Å²) in [5.41, 5.74) is 1.03. The first kappa shape index (κ1) is 24.5. The molecule has 1 aliphatic heterocycles. The molecule has 0 spiro atoms. The van der Waals surface area contributed by atoms with Gasteiger partial charge in [-0.05, 0) is 45.6 Å². The van der Waals surface area contributed by atoms with Crippen LogP contribution in [-0.2, 0) is 9.59 Å². The molecule has 1 unspecified atom stereocenters. The highest BCUT2D eigenvalue weighted by molar-refractivity contribution is 7.10. The van der Waals surface area contributed by atoms with Crippen molar-refractivity contribution in [2.24, 2.45) is 5.92 Å². The maximum Gasteiger partial charge on any atom is 0.246 e. The van der Waals surface area contributed by atoms with E-state index in [4.69, 9.17) is 0 Å². The zero-order chi connectivity index (χ0) is 24.1. The summed E-state index contributed by atoms with van der Waals surface area (Å²) in [6, 6.07) is 8.10. The van der Waals surface area contributed by atoms with Crippen LogP contribution in [-0.4, -0.2) is 53.2 Å². The van der Waals surface area contributed by atoms with Crippen molar-refractivity contribution in [2.75, 3.05) is 13.6 Å². The van der Waals surface area contributed by atoms with Gasteiger partial charge in [0.15, 0.2) is 0 Å². The molecule has 3 atom stereocenters. The number of likely N-dealkylation sites (N-methyl/N-ethyl adjacent to an activating group) is 1. The third-order valence-electron chi connectivity index (χ3n) is 7.12. The predicted molar refractivity (Wildman–Crippen MR) is 133 cm³/mol. The van der Waals surface area contributed by atoms with Gasteiger partial charge in [-0.15, -0.1) is 11.3 Å². The normalized spacial score (nSPS) is 20.6. The number of ketones is 1. The van der Waals surface area contributed by atoms with E-state index in [2.05, 4.69) is 15.6 Å². The van der Waals surface area contributed by atoms with Crippen LogP contribution in [0.4, 0.5) is 0 Å². The third kappa shape index (κ3) is 5.39. The molecular formula is C26H34N4O3S.